The molecule has 1 aromatic heterocycles. The van der Waals surface area contributed by atoms with Gasteiger partial charge in [0, 0.05) is 0 Å². The molecule has 2 aromatic rings. The molecule has 0 aliphatic heterocycles. The van der Waals surface area contributed by atoms with Crippen molar-refractivity contribution < 1.29 is 13.3 Å². The normalized spacial score (nSPS) is 13.1. The van der Waals surface area contributed by atoms with Crippen molar-refractivity contribution in [1.82, 2.24) is 4.98 Å². The highest BCUT2D eigenvalue weighted by atomic mass is 79.9. The summed E-state index contributed by atoms with van der Waals surface area (Å²) in [6.07, 6.45) is 0. The minimum atomic E-state index is -3.72. The topological polar surface area (TPSA) is 90.2 Å². The van der Waals surface area contributed by atoms with Crippen LogP contribution < -0.4 is 0 Å². The Balaban J connectivity index is 2.52. The molecule has 106 valence electrons. The van der Waals surface area contributed by atoms with E-state index in [1.54, 1.807) is 18.2 Å². The van der Waals surface area contributed by atoms with Crippen LogP contribution in [0.4, 0.5) is 5.00 Å². The first kappa shape index (κ1) is 15.1. The average molecular weight is 377 g/mol. The van der Waals surface area contributed by atoms with E-state index in [4.69, 9.17) is 0 Å². The minimum Gasteiger partial charge on any atom is -0.257 e. The number of sulfone groups is 1. The van der Waals surface area contributed by atoms with Gasteiger partial charge in [0.25, 0.3) is 0 Å². The number of benzene rings is 1. The van der Waals surface area contributed by atoms with Crippen LogP contribution in [0.15, 0.2) is 39.1 Å². The molecule has 1 heterocycles. The molecule has 0 aliphatic rings. The molecule has 1 unspecified atom stereocenters. The van der Waals surface area contributed by atoms with E-state index in [0.29, 0.717) is 0 Å². The maximum absolute atomic E-state index is 12.4. The summed E-state index contributed by atoms with van der Waals surface area (Å²) >= 11 is 3.85. The van der Waals surface area contributed by atoms with Gasteiger partial charge in [-0.05, 0) is 46.3 Å². The van der Waals surface area contributed by atoms with Gasteiger partial charge >= 0.3 is 5.00 Å². The molecule has 0 spiro atoms. The molecule has 2 rings (SSSR count). The lowest BCUT2D eigenvalue weighted by molar-refractivity contribution is -0.381. The Kier molecular flexibility index (Phi) is 4.21. The Morgan fingerprint density at radius 1 is 1.35 bits per heavy atom. The fourth-order valence-electron chi connectivity index (χ4n) is 1.65. The van der Waals surface area contributed by atoms with Crippen LogP contribution in [0.25, 0.3) is 0 Å². The summed E-state index contributed by atoms with van der Waals surface area (Å²) in [5, 5.41) is 9.61. The second-order valence-corrected chi connectivity index (χ2v) is 8.44. The first-order chi connectivity index (χ1) is 9.34. The summed E-state index contributed by atoms with van der Waals surface area (Å²) in [4.78, 5) is 14.4. The smallest absolute Gasteiger partial charge is 0.257 e. The highest BCUT2D eigenvalue weighted by Crippen LogP contribution is 2.38. The van der Waals surface area contributed by atoms with Gasteiger partial charge in [-0.1, -0.05) is 18.2 Å². The van der Waals surface area contributed by atoms with Crippen molar-refractivity contribution >= 4 is 42.1 Å². The van der Waals surface area contributed by atoms with E-state index in [0.717, 1.165) is 11.3 Å². The third-order valence-corrected chi connectivity index (χ3v) is 6.25. The van der Waals surface area contributed by atoms with Gasteiger partial charge in [0.1, 0.15) is 10.9 Å². The number of halogens is 1. The molecule has 0 saturated heterocycles. The lowest BCUT2D eigenvalue weighted by Crippen LogP contribution is -2.12. The van der Waals surface area contributed by atoms with Gasteiger partial charge in [0.05, 0.1) is 9.82 Å². The third-order valence-electron chi connectivity index (χ3n) is 2.70. The first-order valence-corrected chi connectivity index (χ1v) is 8.59. The first-order valence-electron chi connectivity index (χ1n) is 5.43. The number of nitrogens with zero attached hydrogens (tertiary/aromatic N) is 2. The van der Waals surface area contributed by atoms with Crippen molar-refractivity contribution in [2.24, 2.45) is 0 Å². The van der Waals surface area contributed by atoms with E-state index in [1.807, 2.05) is 0 Å². The van der Waals surface area contributed by atoms with Crippen LogP contribution in [0.5, 0.6) is 0 Å². The Bertz CT molecular complexity index is 743. The van der Waals surface area contributed by atoms with E-state index in [1.165, 1.54) is 19.1 Å². The van der Waals surface area contributed by atoms with E-state index in [9.17, 15) is 18.5 Å². The Hall–Kier alpha value is -1.32. The van der Waals surface area contributed by atoms with Gasteiger partial charge in [-0.3, -0.25) is 10.1 Å². The van der Waals surface area contributed by atoms with Crippen molar-refractivity contribution in [2.45, 2.75) is 17.1 Å². The fraction of sp³-hybridized carbons (Fsp3) is 0.182. The largest absolute Gasteiger partial charge is 0.349 e. The average Bonchev–Trinajstić information content (AvgIpc) is 2.81. The second kappa shape index (κ2) is 5.58. The van der Waals surface area contributed by atoms with Crippen LogP contribution in [-0.4, -0.2) is 18.3 Å². The minimum absolute atomic E-state index is 0.0456. The standard InChI is InChI=1S/C11H9BrN2O4S2/c1-7(9-10(14(15)16)19-11(12)13-9)20(17,18)8-5-3-2-4-6-8/h2-7H,1H3. The van der Waals surface area contributed by atoms with Crippen LogP contribution in [0, 0.1) is 10.1 Å². The molecule has 0 radical (unpaired) electrons. The SMILES string of the molecule is CC(c1nc(Br)sc1[N+](=O)[O-])S(=O)(=O)c1ccccc1. The maximum atomic E-state index is 12.4. The van der Waals surface area contributed by atoms with E-state index in [-0.39, 0.29) is 19.5 Å². The zero-order chi connectivity index (χ0) is 14.9. The number of hydrogen-bond acceptors (Lipinski definition) is 6. The van der Waals surface area contributed by atoms with Crippen molar-refractivity contribution in [3.8, 4) is 0 Å². The summed E-state index contributed by atoms with van der Waals surface area (Å²) in [7, 11) is -3.72. The number of rotatable bonds is 4. The Morgan fingerprint density at radius 3 is 2.50 bits per heavy atom. The zero-order valence-electron chi connectivity index (χ0n) is 10.2. The summed E-state index contributed by atoms with van der Waals surface area (Å²) in [5.41, 5.74) is -0.0456. The summed E-state index contributed by atoms with van der Waals surface area (Å²) < 4.78 is 25.2. The van der Waals surface area contributed by atoms with Gasteiger partial charge in [0.15, 0.2) is 13.8 Å². The molecule has 1 aromatic carbocycles. The number of thiazole rings is 1. The van der Waals surface area contributed by atoms with Gasteiger partial charge in [-0.2, -0.15) is 0 Å². The van der Waals surface area contributed by atoms with Gasteiger partial charge in [0.2, 0.25) is 0 Å². The van der Waals surface area contributed by atoms with Crippen molar-refractivity contribution in [1.29, 1.82) is 0 Å². The second-order valence-electron chi connectivity index (χ2n) is 3.91. The maximum Gasteiger partial charge on any atom is 0.349 e. The molecular formula is C11H9BrN2O4S2. The molecule has 0 aliphatic carbocycles. The molecule has 9 heteroatoms. The molecule has 1 atom stereocenters. The lowest BCUT2D eigenvalue weighted by Gasteiger charge is -2.10. The van der Waals surface area contributed by atoms with Crippen molar-refractivity contribution in [3.63, 3.8) is 0 Å². The Morgan fingerprint density at radius 2 is 1.95 bits per heavy atom. The molecule has 6 nitrogen and oxygen atoms in total. The van der Waals surface area contributed by atoms with Gasteiger partial charge in [-0.25, -0.2) is 13.4 Å². The molecule has 0 N–H and O–H groups in total. The summed E-state index contributed by atoms with van der Waals surface area (Å²) in [6.45, 7) is 1.40. The molecule has 0 fully saturated rings. The predicted octanol–water partition coefficient (Wildman–Crippen LogP) is 3.35. The Labute approximate surface area is 127 Å². The zero-order valence-corrected chi connectivity index (χ0v) is 13.4. The fourth-order valence-corrected chi connectivity index (χ4v) is 4.49. The quantitative estimate of drug-likeness (QED) is 0.602. The van der Waals surface area contributed by atoms with Crippen LogP contribution in [0.3, 0.4) is 0 Å². The predicted molar refractivity (Wildman–Crippen MR) is 78.5 cm³/mol. The molecule has 20 heavy (non-hydrogen) atoms. The molecule has 0 amide bonds. The summed E-state index contributed by atoms with van der Waals surface area (Å²) in [5.74, 6) is 0. The van der Waals surface area contributed by atoms with Crippen molar-refractivity contribution in [2.75, 3.05) is 0 Å². The lowest BCUT2D eigenvalue weighted by atomic mass is 10.3. The third kappa shape index (κ3) is 2.74. The van der Waals surface area contributed by atoms with Crippen molar-refractivity contribution in [3.05, 3.63) is 50.1 Å². The number of aromatic nitrogens is 1. The van der Waals surface area contributed by atoms with E-state index in [2.05, 4.69) is 20.9 Å². The molecule has 0 bridgehead atoms. The van der Waals surface area contributed by atoms with Crippen LogP contribution >= 0.6 is 27.3 Å². The van der Waals surface area contributed by atoms with Gasteiger partial charge < -0.3 is 0 Å². The van der Waals surface area contributed by atoms with E-state index < -0.39 is 20.0 Å². The summed E-state index contributed by atoms with van der Waals surface area (Å²) in [6, 6.07) is 7.82. The highest BCUT2D eigenvalue weighted by Gasteiger charge is 2.34. The van der Waals surface area contributed by atoms with E-state index >= 15 is 0 Å². The van der Waals surface area contributed by atoms with Crippen LogP contribution in [0.2, 0.25) is 0 Å². The van der Waals surface area contributed by atoms with Gasteiger partial charge in [-0.15, -0.1) is 0 Å². The highest BCUT2D eigenvalue weighted by molar-refractivity contribution is 9.11. The number of nitro groups is 1. The monoisotopic (exact) mass is 376 g/mol. The molecular weight excluding hydrogens is 368 g/mol. The molecule has 0 saturated carbocycles. The van der Waals surface area contributed by atoms with Crippen LogP contribution in [0.1, 0.15) is 17.9 Å². The number of hydrogen-bond donors (Lipinski definition) is 0. The van der Waals surface area contributed by atoms with Crippen LogP contribution in [-0.2, 0) is 9.84 Å².